The van der Waals surface area contributed by atoms with E-state index < -0.39 is 17.8 Å². The van der Waals surface area contributed by atoms with Crippen LogP contribution in [-0.4, -0.2) is 72.2 Å². The number of hydrogen-bond acceptors (Lipinski definition) is 5. The van der Waals surface area contributed by atoms with E-state index in [1.54, 1.807) is 29.2 Å². The molecule has 142 valence electrons. The molecule has 0 unspecified atom stereocenters. The molecule has 2 fully saturated rings. The summed E-state index contributed by atoms with van der Waals surface area (Å²) in [5.74, 6) is -0.789. The van der Waals surface area contributed by atoms with E-state index in [-0.39, 0.29) is 18.1 Å². The van der Waals surface area contributed by atoms with Gasteiger partial charge in [0.25, 0.3) is 17.7 Å². The van der Waals surface area contributed by atoms with Gasteiger partial charge in [0.15, 0.2) is 6.61 Å². The molecule has 0 atom stereocenters. The standard InChI is InChI=1S/C19H21N3O5/c1-20-17(24)15(18(25)21(2)19(20)26)11-13-5-7-14(8-6-13)27-12-16(23)22-9-3-4-10-22/h5-8,11H,3-4,9-10,12H2,1-2H3. The van der Waals surface area contributed by atoms with E-state index in [9.17, 15) is 19.2 Å². The van der Waals surface area contributed by atoms with Crippen molar-refractivity contribution < 1.29 is 23.9 Å². The summed E-state index contributed by atoms with van der Waals surface area (Å²) in [6.45, 7) is 1.54. The zero-order chi connectivity index (χ0) is 19.6. The minimum absolute atomic E-state index is 0.0187. The molecule has 2 heterocycles. The van der Waals surface area contributed by atoms with Crippen LogP contribution in [0.15, 0.2) is 29.8 Å². The predicted octanol–water partition coefficient (Wildman–Crippen LogP) is 1.12. The Morgan fingerprint density at radius 1 is 1.00 bits per heavy atom. The number of benzene rings is 1. The molecule has 2 saturated heterocycles. The lowest BCUT2D eigenvalue weighted by Gasteiger charge is -2.28. The van der Waals surface area contributed by atoms with E-state index in [2.05, 4.69) is 0 Å². The molecule has 27 heavy (non-hydrogen) atoms. The fourth-order valence-electron chi connectivity index (χ4n) is 3.00. The van der Waals surface area contributed by atoms with Crippen molar-refractivity contribution in [3.63, 3.8) is 0 Å². The summed E-state index contributed by atoms with van der Waals surface area (Å²) >= 11 is 0. The van der Waals surface area contributed by atoms with Crippen LogP contribution in [0.5, 0.6) is 5.75 Å². The Kier molecular flexibility index (Phi) is 5.25. The normalized spacial score (nSPS) is 17.6. The first kappa shape index (κ1) is 18.6. The minimum Gasteiger partial charge on any atom is -0.484 e. The van der Waals surface area contributed by atoms with Crippen LogP contribution in [0.2, 0.25) is 0 Å². The number of amides is 5. The van der Waals surface area contributed by atoms with Crippen molar-refractivity contribution in [2.75, 3.05) is 33.8 Å². The molecule has 1 aromatic carbocycles. The van der Waals surface area contributed by atoms with Gasteiger partial charge in [0.1, 0.15) is 11.3 Å². The van der Waals surface area contributed by atoms with E-state index in [1.165, 1.54) is 20.2 Å². The molecule has 0 bridgehead atoms. The number of carbonyl (C=O) groups is 4. The molecular formula is C19H21N3O5. The Morgan fingerprint density at radius 3 is 2.11 bits per heavy atom. The lowest BCUT2D eigenvalue weighted by Crippen LogP contribution is -2.52. The highest BCUT2D eigenvalue weighted by atomic mass is 16.5. The number of ether oxygens (including phenoxy) is 1. The van der Waals surface area contributed by atoms with Crippen LogP contribution in [0.3, 0.4) is 0 Å². The largest absolute Gasteiger partial charge is 0.484 e. The molecule has 0 aliphatic carbocycles. The third-order valence-corrected chi connectivity index (χ3v) is 4.66. The average molecular weight is 371 g/mol. The van der Waals surface area contributed by atoms with Crippen molar-refractivity contribution in [3.05, 3.63) is 35.4 Å². The van der Waals surface area contributed by atoms with Gasteiger partial charge in [0.05, 0.1) is 0 Å². The van der Waals surface area contributed by atoms with E-state index in [1.807, 2.05) is 0 Å². The maximum atomic E-state index is 12.2. The second-order valence-corrected chi connectivity index (χ2v) is 6.51. The number of carbonyl (C=O) groups excluding carboxylic acids is 4. The van der Waals surface area contributed by atoms with Gasteiger partial charge in [-0.3, -0.25) is 24.2 Å². The molecule has 8 heteroatoms. The molecule has 3 rings (SSSR count). The molecule has 0 radical (unpaired) electrons. The number of rotatable bonds is 4. The second kappa shape index (κ2) is 7.61. The number of nitrogens with zero attached hydrogens (tertiary/aromatic N) is 3. The van der Waals surface area contributed by atoms with Crippen LogP contribution in [0.1, 0.15) is 18.4 Å². The number of barbiturate groups is 1. The van der Waals surface area contributed by atoms with Crippen molar-refractivity contribution in [2.45, 2.75) is 12.8 Å². The van der Waals surface area contributed by atoms with E-state index in [0.717, 1.165) is 35.7 Å². The zero-order valence-electron chi connectivity index (χ0n) is 15.3. The van der Waals surface area contributed by atoms with Crippen LogP contribution in [0.4, 0.5) is 4.79 Å². The first-order chi connectivity index (χ1) is 12.9. The topological polar surface area (TPSA) is 87.2 Å². The molecule has 5 amide bonds. The first-order valence-electron chi connectivity index (χ1n) is 8.71. The zero-order valence-corrected chi connectivity index (χ0v) is 15.3. The van der Waals surface area contributed by atoms with Gasteiger partial charge in [-0.25, -0.2) is 4.79 Å². The molecule has 2 aliphatic heterocycles. The monoisotopic (exact) mass is 371 g/mol. The van der Waals surface area contributed by atoms with E-state index >= 15 is 0 Å². The minimum atomic E-state index is -0.659. The third-order valence-electron chi connectivity index (χ3n) is 4.66. The van der Waals surface area contributed by atoms with Crippen LogP contribution >= 0.6 is 0 Å². The fourth-order valence-corrected chi connectivity index (χ4v) is 3.00. The van der Waals surface area contributed by atoms with Gasteiger partial charge in [-0.15, -0.1) is 0 Å². The van der Waals surface area contributed by atoms with E-state index in [4.69, 9.17) is 4.74 Å². The Morgan fingerprint density at radius 2 is 1.56 bits per heavy atom. The number of hydrogen-bond donors (Lipinski definition) is 0. The van der Waals surface area contributed by atoms with Gasteiger partial charge in [-0.05, 0) is 36.6 Å². The van der Waals surface area contributed by atoms with Crippen LogP contribution in [0.25, 0.3) is 6.08 Å². The molecule has 0 aromatic heterocycles. The molecule has 0 saturated carbocycles. The summed E-state index contributed by atoms with van der Waals surface area (Å²) in [6, 6.07) is 6.04. The van der Waals surface area contributed by atoms with Crippen molar-refractivity contribution in [1.82, 2.24) is 14.7 Å². The summed E-state index contributed by atoms with van der Waals surface area (Å²) in [5.41, 5.74) is 0.526. The lowest BCUT2D eigenvalue weighted by molar-refractivity contribution is -0.134. The van der Waals surface area contributed by atoms with Crippen molar-refractivity contribution in [1.29, 1.82) is 0 Å². The Hall–Kier alpha value is -3.16. The number of urea groups is 1. The highest BCUT2D eigenvalue weighted by Crippen LogP contribution is 2.20. The van der Waals surface area contributed by atoms with Crippen LogP contribution in [-0.2, 0) is 14.4 Å². The highest BCUT2D eigenvalue weighted by molar-refractivity contribution is 6.30. The highest BCUT2D eigenvalue weighted by Gasteiger charge is 2.37. The summed E-state index contributed by atoms with van der Waals surface area (Å²) in [5, 5.41) is 0. The maximum Gasteiger partial charge on any atom is 0.333 e. The molecule has 8 nitrogen and oxygen atoms in total. The molecule has 2 aliphatic rings. The summed E-state index contributed by atoms with van der Waals surface area (Å²) < 4.78 is 5.51. The van der Waals surface area contributed by atoms with Crippen LogP contribution in [0, 0.1) is 0 Å². The van der Waals surface area contributed by atoms with Gasteiger partial charge >= 0.3 is 6.03 Å². The first-order valence-corrected chi connectivity index (χ1v) is 8.71. The SMILES string of the molecule is CN1C(=O)C(=Cc2ccc(OCC(=O)N3CCCC3)cc2)C(=O)N(C)C1=O. The Labute approximate surface area is 157 Å². The molecular weight excluding hydrogens is 350 g/mol. The lowest BCUT2D eigenvalue weighted by atomic mass is 10.1. The number of likely N-dealkylation sites (tertiary alicyclic amines) is 1. The third kappa shape index (κ3) is 3.84. The van der Waals surface area contributed by atoms with Crippen molar-refractivity contribution in [2.24, 2.45) is 0 Å². The van der Waals surface area contributed by atoms with Gasteiger partial charge in [0, 0.05) is 27.2 Å². The predicted molar refractivity (Wildman–Crippen MR) is 96.7 cm³/mol. The van der Waals surface area contributed by atoms with Crippen molar-refractivity contribution in [3.8, 4) is 5.75 Å². The maximum absolute atomic E-state index is 12.2. The van der Waals surface area contributed by atoms with Gasteiger partial charge in [-0.2, -0.15) is 0 Å². The van der Waals surface area contributed by atoms with Gasteiger partial charge in [-0.1, -0.05) is 12.1 Å². The summed E-state index contributed by atoms with van der Waals surface area (Å²) in [6.07, 6.45) is 3.49. The van der Waals surface area contributed by atoms with Crippen molar-refractivity contribution >= 4 is 29.8 Å². The second-order valence-electron chi connectivity index (χ2n) is 6.51. The summed E-state index contributed by atoms with van der Waals surface area (Å²) in [7, 11) is 2.66. The molecule has 0 spiro atoms. The Balaban J connectivity index is 1.67. The van der Waals surface area contributed by atoms with E-state index in [0.29, 0.717) is 11.3 Å². The molecule has 0 N–H and O–H groups in total. The number of likely N-dealkylation sites (N-methyl/N-ethyl adjacent to an activating group) is 2. The number of imide groups is 2. The smallest absolute Gasteiger partial charge is 0.333 e. The quantitative estimate of drug-likeness (QED) is 0.585. The van der Waals surface area contributed by atoms with Gasteiger partial charge in [0.2, 0.25) is 0 Å². The fraction of sp³-hybridized carbons (Fsp3) is 0.368. The Bertz CT molecular complexity index is 783. The van der Waals surface area contributed by atoms with Gasteiger partial charge < -0.3 is 9.64 Å². The van der Waals surface area contributed by atoms with Crippen LogP contribution < -0.4 is 4.74 Å². The molecule has 1 aromatic rings. The summed E-state index contributed by atoms with van der Waals surface area (Å²) in [4.78, 5) is 51.7. The average Bonchev–Trinajstić information content (AvgIpc) is 3.22.